The first-order valence-corrected chi connectivity index (χ1v) is 15.5. The van der Waals surface area contributed by atoms with Gasteiger partial charge < -0.3 is 30.4 Å². The molecule has 11 heteroatoms. The van der Waals surface area contributed by atoms with E-state index in [2.05, 4.69) is 43.5 Å². The highest BCUT2D eigenvalue weighted by Crippen LogP contribution is 2.21. The van der Waals surface area contributed by atoms with Crippen LogP contribution in [0.4, 0.5) is 0 Å². The zero-order valence-electron chi connectivity index (χ0n) is 24.9. The molecule has 43 heavy (non-hydrogen) atoms. The molecule has 0 saturated carbocycles. The summed E-state index contributed by atoms with van der Waals surface area (Å²) >= 11 is 2.23. The summed E-state index contributed by atoms with van der Waals surface area (Å²) in [5.74, 6) is -1.77. The predicted octanol–water partition coefficient (Wildman–Crippen LogP) is 3.86. The number of halogens is 1. The number of nitrogens with one attached hydrogen (secondary N) is 4. The number of rotatable bonds is 17. The lowest BCUT2D eigenvalue weighted by Crippen LogP contribution is -2.50. The van der Waals surface area contributed by atoms with Crippen LogP contribution in [0.25, 0.3) is 10.9 Å². The van der Waals surface area contributed by atoms with Crippen molar-refractivity contribution in [2.75, 3.05) is 26.9 Å². The van der Waals surface area contributed by atoms with Gasteiger partial charge in [0.15, 0.2) is 0 Å². The zero-order chi connectivity index (χ0) is 31.2. The van der Waals surface area contributed by atoms with E-state index < -0.39 is 17.9 Å². The van der Waals surface area contributed by atoms with Gasteiger partial charge in [0.25, 0.3) is 0 Å². The van der Waals surface area contributed by atoms with Gasteiger partial charge >= 0.3 is 5.97 Å². The van der Waals surface area contributed by atoms with Gasteiger partial charge in [-0.2, -0.15) is 0 Å². The second-order valence-corrected chi connectivity index (χ2v) is 12.0. The molecule has 0 aliphatic carbocycles. The summed E-state index contributed by atoms with van der Waals surface area (Å²) in [7, 11) is 1.29. The van der Waals surface area contributed by atoms with Gasteiger partial charge in [-0.3, -0.25) is 19.2 Å². The molecule has 0 aliphatic rings. The highest BCUT2D eigenvalue weighted by atomic mass is 127. The smallest absolute Gasteiger partial charge is 0.306 e. The number of fused-ring (bicyclic) bond motifs is 1. The minimum atomic E-state index is -0.869. The number of amides is 3. The molecule has 4 N–H and O–H groups in total. The maximum atomic E-state index is 13.3. The first-order chi connectivity index (χ1) is 20.7. The first kappa shape index (κ1) is 34.0. The molecule has 0 radical (unpaired) electrons. The normalized spacial score (nSPS) is 12.5. The number of carbonyl (C=O) groups is 4. The number of carbonyl (C=O) groups excluding carboxylic acids is 4. The number of para-hydroxylation sites is 1. The Kier molecular flexibility index (Phi) is 13.9. The van der Waals surface area contributed by atoms with Crippen molar-refractivity contribution in [3.63, 3.8) is 0 Å². The molecule has 3 aromatic rings. The zero-order valence-corrected chi connectivity index (χ0v) is 27.1. The van der Waals surface area contributed by atoms with E-state index in [9.17, 15) is 19.2 Å². The molecule has 10 nitrogen and oxygen atoms in total. The van der Waals surface area contributed by atoms with Gasteiger partial charge in [-0.1, -0.05) is 44.2 Å². The average Bonchev–Trinajstić information content (AvgIpc) is 3.40. The SMILES string of the molecule is COC(=O)C[C@@H](CC(C)C)C(=O)N[C@@H](Cc1c[nH]c2ccccc12)C(=O)NCCOCCC(=O)NCc1ccc(I)cc1. The molecule has 1 heterocycles. The Labute approximate surface area is 266 Å². The van der Waals surface area contributed by atoms with E-state index in [0.717, 1.165) is 25.6 Å². The maximum Gasteiger partial charge on any atom is 0.306 e. The average molecular weight is 705 g/mol. The Morgan fingerprint density at radius 2 is 1.70 bits per heavy atom. The van der Waals surface area contributed by atoms with Crippen molar-refractivity contribution in [1.29, 1.82) is 0 Å². The molecule has 0 fully saturated rings. The molecule has 232 valence electrons. The number of esters is 1. The monoisotopic (exact) mass is 704 g/mol. The summed E-state index contributed by atoms with van der Waals surface area (Å²) in [5.41, 5.74) is 2.84. The lowest BCUT2D eigenvalue weighted by atomic mass is 9.92. The topological polar surface area (TPSA) is 139 Å². The van der Waals surface area contributed by atoms with E-state index in [4.69, 9.17) is 9.47 Å². The largest absolute Gasteiger partial charge is 0.469 e. The quantitative estimate of drug-likeness (QED) is 0.0957. The Morgan fingerprint density at radius 3 is 2.42 bits per heavy atom. The minimum absolute atomic E-state index is 0.0614. The fourth-order valence-corrected chi connectivity index (χ4v) is 5.04. The third kappa shape index (κ3) is 11.6. The number of H-pyrrole nitrogens is 1. The number of benzene rings is 2. The summed E-state index contributed by atoms with van der Waals surface area (Å²) in [5, 5.41) is 9.56. The minimum Gasteiger partial charge on any atom is -0.469 e. The van der Waals surface area contributed by atoms with Gasteiger partial charge in [0.1, 0.15) is 6.04 Å². The fourth-order valence-electron chi connectivity index (χ4n) is 4.68. The van der Waals surface area contributed by atoms with Crippen molar-refractivity contribution in [1.82, 2.24) is 20.9 Å². The molecule has 0 unspecified atom stereocenters. The molecule has 2 aromatic carbocycles. The summed E-state index contributed by atoms with van der Waals surface area (Å²) < 4.78 is 11.5. The van der Waals surface area contributed by atoms with Crippen LogP contribution < -0.4 is 16.0 Å². The molecule has 0 aliphatic heterocycles. The molecule has 1 aromatic heterocycles. The lowest BCUT2D eigenvalue weighted by molar-refractivity contribution is -0.144. The van der Waals surface area contributed by atoms with E-state index in [-0.39, 0.29) is 62.7 Å². The predicted molar refractivity (Wildman–Crippen MR) is 173 cm³/mol. The number of hydrogen-bond acceptors (Lipinski definition) is 6. The Hall–Kier alpha value is -3.45. The van der Waals surface area contributed by atoms with Gasteiger partial charge in [-0.05, 0) is 64.3 Å². The van der Waals surface area contributed by atoms with Crippen molar-refractivity contribution >= 4 is 57.2 Å². The molecule has 0 bridgehead atoms. The Balaban J connectivity index is 1.53. The molecular weight excluding hydrogens is 663 g/mol. The van der Waals surface area contributed by atoms with Crippen LogP contribution in [-0.2, 0) is 41.6 Å². The third-order valence-corrected chi connectivity index (χ3v) is 7.64. The number of aromatic amines is 1. The summed E-state index contributed by atoms with van der Waals surface area (Å²) in [4.78, 5) is 53.9. The van der Waals surface area contributed by atoms with E-state index in [1.807, 2.05) is 68.6 Å². The molecular formula is C32H41IN4O6. The lowest BCUT2D eigenvalue weighted by Gasteiger charge is -2.23. The number of hydrogen-bond donors (Lipinski definition) is 4. The van der Waals surface area contributed by atoms with E-state index in [1.165, 1.54) is 7.11 Å². The fraction of sp³-hybridized carbons (Fsp3) is 0.438. The van der Waals surface area contributed by atoms with Crippen LogP contribution >= 0.6 is 22.6 Å². The van der Waals surface area contributed by atoms with Crippen molar-refractivity contribution < 1.29 is 28.7 Å². The summed E-state index contributed by atoms with van der Waals surface area (Å²) in [6.45, 7) is 5.03. The molecule has 0 spiro atoms. The van der Waals surface area contributed by atoms with Crippen LogP contribution in [0.5, 0.6) is 0 Å². The van der Waals surface area contributed by atoms with Crippen molar-refractivity contribution in [3.05, 3.63) is 69.4 Å². The van der Waals surface area contributed by atoms with Crippen LogP contribution in [-0.4, -0.2) is 61.6 Å². The highest BCUT2D eigenvalue weighted by Gasteiger charge is 2.29. The van der Waals surface area contributed by atoms with Gasteiger partial charge in [0.2, 0.25) is 17.7 Å². The van der Waals surface area contributed by atoms with Crippen molar-refractivity contribution in [2.24, 2.45) is 11.8 Å². The van der Waals surface area contributed by atoms with Crippen molar-refractivity contribution in [2.45, 2.75) is 52.1 Å². The second kappa shape index (κ2) is 17.6. The van der Waals surface area contributed by atoms with Crippen LogP contribution in [0.3, 0.4) is 0 Å². The standard InChI is InChI=1S/C32H41IN4O6/c1-21(2)16-23(18-30(39)42-3)31(40)37-28(17-24-20-35-27-7-5-4-6-26(24)27)32(41)34-13-15-43-14-12-29(38)36-19-22-8-10-25(33)11-9-22/h4-11,20-21,23,28,35H,12-19H2,1-3H3,(H,34,41)(H,36,38)(H,37,40)/t23-,28+/m1/s1. The van der Waals surface area contributed by atoms with Gasteiger partial charge in [-0.15, -0.1) is 0 Å². The van der Waals surface area contributed by atoms with Crippen LogP contribution in [0, 0.1) is 15.4 Å². The van der Waals surface area contributed by atoms with Crippen LogP contribution in [0.1, 0.15) is 44.2 Å². The number of methoxy groups -OCH3 is 1. The molecule has 3 amide bonds. The third-order valence-electron chi connectivity index (χ3n) is 6.92. The number of ether oxygens (including phenoxy) is 2. The van der Waals surface area contributed by atoms with Gasteiger partial charge in [-0.25, -0.2) is 0 Å². The highest BCUT2D eigenvalue weighted by molar-refractivity contribution is 14.1. The Bertz CT molecular complexity index is 1360. The number of aromatic nitrogens is 1. The summed E-state index contributed by atoms with van der Waals surface area (Å²) in [6.07, 6.45) is 2.72. The van der Waals surface area contributed by atoms with Gasteiger partial charge in [0, 0.05) is 52.5 Å². The summed E-state index contributed by atoms with van der Waals surface area (Å²) in [6, 6.07) is 14.8. The molecule has 3 rings (SSSR count). The van der Waals surface area contributed by atoms with E-state index >= 15 is 0 Å². The second-order valence-electron chi connectivity index (χ2n) is 10.8. The van der Waals surface area contributed by atoms with Crippen LogP contribution in [0.15, 0.2) is 54.7 Å². The van der Waals surface area contributed by atoms with Crippen molar-refractivity contribution in [3.8, 4) is 0 Å². The maximum absolute atomic E-state index is 13.3. The first-order valence-electron chi connectivity index (χ1n) is 14.4. The van der Waals surface area contributed by atoms with E-state index in [0.29, 0.717) is 13.0 Å². The van der Waals surface area contributed by atoms with E-state index in [1.54, 1.807) is 0 Å². The molecule has 0 saturated heterocycles. The van der Waals surface area contributed by atoms with Crippen LogP contribution in [0.2, 0.25) is 0 Å². The molecule has 2 atom stereocenters. The van der Waals surface area contributed by atoms with Gasteiger partial charge in [0.05, 0.1) is 26.7 Å². The Morgan fingerprint density at radius 1 is 0.953 bits per heavy atom.